The highest BCUT2D eigenvalue weighted by Gasteiger charge is 2.38. The van der Waals surface area contributed by atoms with Crippen molar-refractivity contribution < 1.29 is 12.8 Å². The number of hydrogen-bond donors (Lipinski definition) is 2. The Morgan fingerprint density at radius 1 is 1.14 bits per heavy atom. The van der Waals surface area contributed by atoms with Crippen LogP contribution in [0.15, 0.2) is 42.5 Å². The maximum atomic E-state index is 13.7. The van der Waals surface area contributed by atoms with Gasteiger partial charge in [-0.05, 0) is 73.6 Å². The number of rotatable bonds is 5. The Kier molecular flexibility index (Phi) is 4.40. The van der Waals surface area contributed by atoms with Crippen molar-refractivity contribution in [3.8, 4) is 0 Å². The van der Waals surface area contributed by atoms with E-state index in [1.54, 1.807) is 12.1 Å². The van der Waals surface area contributed by atoms with Gasteiger partial charge in [0.05, 0.1) is 5.25 Å². The normalized spacial score (nSPS) is 19.4. The molecule has 152 valence electrons. The zero-order valence-electron chi connectivity index (χ0n) is 16.1. The van der Waals surface area contributed by atoms with Crippen molar-refractivity contribution in [3.05, 3.63) is 65.1 Å². The van der Waals surface area contributed by atoms with Crippen LogP contribution in [0.5, 0.6) is 0 Å². The van der Waals surface area contributed by atoms with Crippen LogP contribution < -0.4 is 10.5 Å². The molecule has 3 N–H and O–H groups in total. The number of nitrogens with two attached hydrogens (primary N) is 1. The van der Waals surface area contributed by atoms with Crippen LogP contribution in [-0.2, 0) is 29.4 Å². The van der Waals surface area contributed by atoms with Gasteiger partial charge >= 0.3 is 0 Å². The number of halogens is 1. The smallest absolute Gasteiger partial charge is 0.214 e. The van der Waals surface area contributed by atoms with E-state index in [9.17, 15) is 12.8 Å². The number of hydrogen-bond acceptors (Lipinski definition) is 3. The lowest BCUT2D eigenvalue weighted by atomic mass is 9.92. The molecule has 1 fully saturated rings. The summed E-state index contributed by atoms with van der Waals surface area (Å²) in [5.74, 6) is -0.244. The van der Waals surface area contributed by atoms with E-state index < -0.39 is 10.0 Å². The summed E-state index contributed by atoms with van der Waals surface area (Å²) >= 11 is 0. The van der Waals surface area contributed by atoms with Crippen molar-refractivity contribution in [3.63, 3.8) is 0 Å². The number of nitrogens with zero attached hydrogens (tertiary/aromatic N) is 1. The molecule has 5 rings (SSSR count). The fraction of sp³-hybridized carbons (Fsp3) is 0.364. The summed E-state index contributed by atoms with van der Waals surface area (Å²) in [6.07, 6.45) is 3.70. The molecule has 5 nitrogen and oxygen atoms in total. The predicted octanol–water partition coefficient (Wildman–Crippen LogP) is 3.35. The van der Waals surface area contributed by atoms with Crippen LogP contribution in [0.4, 0.5) is 10.1 Å². The Hall–Kier alpha value is -2.38. The average molecular weight is 414 g/mol. The number of aromatic nitrogens is 1. The van der Waals surface area contributed by atoms with Crippen LogP contribution in [0.25, 0.3) is 10.9 Å². The summed E-state index contributed by atoms with van der Waals surface area (Å²) < 4.78 is 43.6. The Morgan fingerprint density at radius 2 is 1.97 bits per heavy atom. The second-order valence-corrected chi connectivity index (χ2v) is 10.2. The predicted molar refractivity (Wildman–Crippen MR) is 113 cm³/mol. The second-order valence-electron chi connectivity index (χ2n) is 8.22. The molecule has 7 heteroatoms. The maximum Gasteiger partial charge on any atom is 0.214 e. The standard InChI is InChI=1S/C22H24FN3O2S/c23-15-3-1-2-14(10-15)13-26-21-8-4-16(24)11-19(21)20-12-17(5-9-22(20)26)25-29(27,28)18-6-7-18/h1-4,8,10-11,17-18,25H,5-7,9,12-13,24H2. The van der Waals surface area contributed by atoms with Crippen molar-refractivity contribution in [2.24, 2.45) is 0 Å². The average Bonchev–Trinajstić information content (AvgIpc) is 3.49. The molecule has 1 heterocycles. The van der Waals surface area contributed by atoms with Gasteiger partial charge in [-0.1, -0.05) is 12.1 Å². The van der Waals surface area contributed by atoms with Gasteiger partial charge in [-0.2, -0.15) is 0 Å². The van der Waals surface area contributed by atoms with Crippen LogP contribution >= 0.6 is 0 Å². The van der Waals surface area contributed by atoms with E-state index in [4.69, 9.17) is 5.73 Å². The molecule has 2 aromatic carbocycles. The minimum absolute atomic E-state index is 0.0947. The van der Waals surface area contributed by atoms with E-state index in [-0.39, 0.29) is 17.1 Å². The first-order valence-electron chi connectivity index (χ1n) is 10.1. The van der Waals surface area contributed by atoms with Crippen molar-refractivity contribution in [2.45, 2.75) is 49.9 Å². The van der Waals surface area contributed by atoms with Gasteiger partial charge in [0, 0.05) is 34.9 Å². The molecule has 1 aromatic heterocycles. The molecule has 1 unspecified atom stereocenters. The molecule has 29 heavy (non-hydrogen) atoms. The lowest BCUT2D eigenvalue weighted by Crippen LogP contribution is -2.40. The molecular weight excluding hydrogens is 389 g/mol. The van der Waals surface area contributed by atoms with Crippen LogP contribution in [0.1, 0.15) is 36.1 Å². The second kappa shape index (κ2) is 6.85. The van der Waals surface area contributed by atoms with Gasteiger partial charge in [-0.15, -0.1) is 0 Å². The number of sulfonamides is 1. The van der Waals surface area contributed by atoms with Crippen molar-refractivity contribution >= 4 is 26.6 Å². The zero-order valence-corrected chi connectivity index (χ0v) is 16.9. The quantitative estimate of drug-likeness (QED) is 0.630. The summed E-state index contributed by atoms with van der Waals surface area (Å²) in [6.45, 7) is 0.575. The molecule has 0 aliphatic heterocycles. The van der Waals surface area contributed by atoms with Crippen molar-refractivity contribution in [2.75, 3.05) is 5.73 Å². The third kappa shape index (κ3) is 3.53. The van der Waals surface area contributed by atoms with Crippen LogP contribution in [0, 0.1) is 5.82 Å². The lowest BCUT2D eigenvalue weighted by molar-refractivity contribution is 0.498. The number of nitrogen functional groups attached to an aromatic ring is 1. The molecule has 0 amide bonds. The van der Waals surface area contributed by atoms with Crippen molar-refractivity contribution in [1.29, 1.82) is 0 Å². The zero-order chi connectivity index (χ0) is 20.2. The molecular formula is C22H24FN3O2S. The Morgan fingerprint density at radius 3 is 2.72 bits per heavy atom. The van der Waals surface area contributed by atoms with E-state index >= 15 is 0 Å². The molecule has 0 radical (unpaired) electrons. The van der Waals surface area contributed by atoms with Gasteiger partial charge in [0.1, 0.15) is 5.82 Å². The number of anilines is 1. The third-order valence-corrected chi connectivity index (χ3v) is 8.03. The first kappa shape index (κ1) is 18.6. The highest BCUT2D eigenvalue weighted by molar-refractivity contribution is 7.90. The van der Waals surface area contributed by atoms with E-state index in [2.05, 4.69) is 9.29 Å². The minimum atomic E-state index is -3.22. The summed E-state index contributed by atoms with van der Waals surface area (Å²) in [5, 5.41) is 0.848. The highest BCUT2D eigenvalue weighted by atomic mass is 32.2. The van der Waals surface area contributed by atoms with Gasteiger partial charge in [0.25, 0.3) is 0 Å². The molecule has 0 spiro atoms. The van der Waals surface area contributed by atoms with E-state index in [0.717, 1.165) is 47.7 Å². The van der Waals surface area contributed by atoms with E-state index in [0.29, 0.717) is 18.7 Å². The first-order chi connectivity index (χ1) is 13.9. The van der Waals surface area contributed by atoms with Crippen LogP contribution in [0.2, 0.25) is 0 Å². The fourth-order valence-electron chi connectivity index (χ4n) is 4.47. The number of nitrogens with one attached hydrogen (secondary N) is 1. The first-order valence-corrected chi connectivity index (χ1v) is 11.6. The molecule has 2 aliphatic carbocycles. The van der Waals surface area contributed by atoms with Crippen LogP contribution in [-0.4, -0.2) is 24.3 Å². The largest absolute Gasteiger partial charge is 0.399 e. The van der Waals surface area contributed by atoms with E-state index in [1.807, 2.05) is 24.3 Å². The molecule has 1 atom stereocenters. The Balaban J connectivity index is 1.53. The summed E-state index contributed by atoms with van der Waals surface area (Å²) in [6, 6.07) is 12.4. The third-order valence-electron chi connectivity index (χ3n) is 6.01. The number of fused-ring (bicyclic) bond motifs is 3. The molecule has 2 aliphatic rings. The van der Waals surface area contributed by atoms with Crippen LogP contribution in [0.3, 0.4) is 0 Å². The summed E-state index contributed by atoms with van der Waals surface area (Å²) in [7, 11) is -3.22. The van der Waals surface area contributed by atoms with Crippen molar-refractivity contribution in [1.82, 2.24) is 9.29 Å². The SMILES string of the molecule is Nc1ccc2c(c1)c1c(n2Cc2cccc(F)c2)CCC(NS(=O)(=O)C2CC2)C1. The Bertz CT molecular complexity index is 1200. The van der Waals surface area contributed by atoms with Gasteiger partial charge < -0.3 is 10.3 Å². The minimum Gasteiger partial charge on any atom is -0.399 e. The van der Waals surface area contributed by atoms with Gasteiger partial charge in [0.2, 0.25) is 10.0 Å². The molecule has 3 aromatic rings. The Labute approximate surface area is 169 Å². The monoisotopic (exact) mass is 413 g/mol. The fourth-order valence-corrected chi connectivity index (χ4v) is 6.09. The van der Waals surface area contributed by atoms with Gasteiger partial charge in [-0.25, -0.2) is 17.5 Å². The summed E-state index contributed by atoms with van der Waals surface area (Å²) in [5.41, 5.74) is 11.0. The molecule has 1 saturated carbocycles. The molecule has 0 bridgehead atoms. The summed E-state index contributed by atoms with van der Waals surface area (Å²) in [4.78, 5) is 0. The van der Waals surface area contributed by atoms with Gasteiger partial charge in [-0.3, -0.25) is 0 Å². The van der Waals surface area contributed by atoms with E-state index in [1.165, 1.54) is 11.8 Å². The molecule has 0 saturated heterocycles. The number of benzene rings is 2. The topological polar surface area (TPSA) is 77.1 Å². The highest BCUT2D eigenvalue weighted by Crippen LogP contribution is 2.35. The lowest BCUT2D eigenvalue weighted by Gasteiger charge is -2.25. The maximum absolute atomic E-state index is 13.7. The van der Waals surface area contributed by atoms with Gasteiger partial charge in [0.15, 0.2) is 0 Å².